The van der Waals surface area contributed by atoms with E-state index in [9.17, 15) is 13.9 Å². The van der Waals surface area contributed by atoms with Gasteiger partial charge in [0.2, 0.25) is 0 Å². The molecule has 0 spiro atoms. The molecule has 1 unspecified atom stereocenters. The number of benzene rings is 1. The van der Waals surface area contributed by atoms with Crippen molar-refractivity contribution in [2.24, 2.45) is 5.92 Å². The molecule has 0 aliphatic carbocycles. The molecule has 90 valence electrons. The molecule has 0 saturated heterocycles. The van der Waals surface area contributed by atoms with Crippen molar-refractivity contribution in [1.29, 1.82) is 0 Å². The Kier molecular flexibility index (Phi) is 4.87. The number of aliphatic hydroxyl groups excluding tert-OH is 1. The van der Waals surface area contributed by atoms with Gasteiger partial charge in [-0.3, -0.25) is 0 Å². The van der Waals surface area contributed by atoms with Crippen molar-refractivity contribution in [1.82, 2.24) is 0 Å². The van der Waals surface area contributed by atoms with E-state index in [2.05, 4.69) is 13.8 Å². The molecule has 0 bridgehead atoms. The molecule has 0 aliphatic heterocycles. The Morgan fingerprint density at radius 2 is 1.69 bits per heavy atom. The lowest BCUT2D eigenvalue weighted by Gasteiger charge is -2.13. The number of hydrogen-bond donors (Lipinski definition) is 1. The second kappa shape index (κ2) is 5.94. The maximum absolute atomic E-state index is 13.3. The molecule has 1 N–H and O–H groups in total. The molecule has 0 aliphatic rings. The van der Waals surface area contributed by atoms with Gasteiger partial charge < -0.3 is 5.11 Å². The highest BCUT2D eigenvalue weighted by molar-refractivity contribution is 5.20. The summed E-state index contributed by atoms with van der Waals surface area (Å²) >= 11 is 0. The van der Waals surface area contributed by atoms with Crippen LogP contribution in [-0.2, 0) is 6.42 Å². The van der Waals surface area contributed by atoms with Crippen molar-refractivity contribution in [3.05, 3.63) is 35.4 Å². The van der Waals surface area contributed by atoms with Gasteiger partial charge in [0.15, 0.2) is 0 Å². The van der Waals surface area contributed by atoms with Crippen LogP contribution in [0.25, 0.3) is 0 Å². The second-order valence-electron chi connectivity index (χ2n) is 4.53. The molecule has 1 aromatic rings. The Morgan fingerprint density at radius 1 is 1.12 bits per heavy atom. The predicted molar refractivity (Wildman–Crippen MR) is 60.1 cm³/mol. The molecule has 1 nitrogen and oxygen atoms in total. The molecule has 0 radical (unpaired) electrons. The van der Waals surface area contributed by atoms with Crippen molar-refractivity contribution >= 4 is 0 Å². The minimum Gasteiger partial charge on any atom is -0.393 e. The molecule has 1 aromatic carbocycles. The van der Waals surface area contributed by atoms with Gasteiger partial charge in [0.05, 0.1) is 6.10 Å². The average Bonchev–Trinajstić information content (AvgIpc) is 2.21. The Hall–Kier alpha value is -0.960. The quantitative estimate of drug-likeness (QED) is 0.819. The summed E-state index contributed by atoms with van der Waals surface area (Å²) in [7, 11) is 0. The SMILES string of the molecule is CC(C)CCC(O)Cc1c(F)cccc1F. The van der Waals surface area contributed by atoms with Crippen LogP contribution in [-0.4, -0.2) is 11.2 Å². The molecular formula is C13H18F2O. The molecule has 0 saturated carbocycles. The van der Waals surface area contributed by atoms with Crippen LogP contribution >= 0.6 is 0 Å². The zero-order valence-electron chi connectivity index (χ0n) is 9.71. The summed E-state index contributed by atoms with van der Waals surface area (Å²) in [5.41, 5.74) is -0.0150. The summed E-state index contributed by atoms with van der Waals surface area (Å²) in [6.07, 6.45) is 0.808. The van der Waals surface area contributed by atoms with Gasteiger partial charge in [-0.15, -0.1) is 0 Å². The molecule has 0 fully saturated rings. The monoisotopic (exact) mass is 228 g/mol. The first kappa shape index (κ1) is 13.1. The Bertz CT molecular complexity index is 316. The van der Waals surface area contributed by atoms with E-state index in [0.29, 0.717) is 12.3 Å². The largest absolute Gasteiger partial charge is 0.393 e. The normalized spacial score (nSPS) is 13.1. The fourth-order valence-electron chi connectivity index (χ4n) is 1.59. The Labute approximate surface area is 95.1 Å². The minimum absolute atomic E-state index is 0.0150. The predicted octanol–water partition coefficient (Wildman–Crippen LogP) is 3.30. The highest BCUT2D eigenvalue weighted by Crippen LogP contribution is 2.17. The van der Waals surface area contributed by atoms with Gasteiger partial charge in [0.1, 0.15) is 11.6 Å². The van der Waals surface area contributed by atoms with Gasteiger partial charge in [-0.1, -0.05) is 19.9 Å². The van der Waals surface area contributed by atoms with Gasteiger partial charge >= 0.3 is 0 Å². The van der Waals surface area contributed by atoms with Gasteiger partial charge in [-0.25, -0.2) is 8.78 Å². The third-order valence-electron chi connectivity index (χ3n) is 2.58. The van der Waals surface area contributed by atoms with Crippen molar-refractivity contribution in [3.63, 3.8) is 0 Å². The maximum Gasteiger partial charge on any atom is 0.129 e. The van der Waals surface area contributed by atoms with Crippen LogP contribution in [0.3, 0.4) is 0 Å². The van der Waals surface area contributed by atoms with Crippen LogP contribution in [0.15, 0.2) is 18.2 Å². The summed E-state index contributed by atoms with van der Waals surface area (Å²) in [4.78, 5) is 0. The first-order chi connectivity index (χ1) is 7.50. The van der Waals surface area contributed by atoms with E-state index in [1.165, 1.54) is 18.2 Å². The molecule has 0 heterocycles. The van der Waals surface area contributed by atoms with E-state index in [-0.39, 0.29) is 12.0 Å². The summed E-state index contributed by atoms with van der Waals surface area (Å²) in [5.74, 6) is -0.674. The lowest BCUT2D eigenvalue weighted by Crippen LogP contribution is -2.13. The lowest BCUT2D eigenvalue weighted by atomic mass is 9.99. The highest BCUT2D eigenvalue weighted by Gasteiger charge is 2.13. The summed E-state index contributed by atoms with van der Waals surface area (Å²) in [5, 5.41) is 9.67. The van der Waals surface area contributed by atoms with Crippen LogP contribution in [0, 0.1) is 17.6 Å². The van der Waals surface area contributed by atoms with Crippen molar-refractivity contribution in [2.45, 2.75) is 39.2 Å². The van der Waals surface area contributed by atoms with Crippen molar-refractivity contribution in [3.8, 4) is 0 Å². The smallest absolute Gasteiger partial charge is 0.129 e. The minimum atomic E-state index is -0.672. The standard InChI is InChI=1S/C13H18F2O/c1-9(2)6-7-10(16)8-11-12(14)4-3-5-13(11)15/h3-5,9-10,16H,6-8H2,1-2H3. The molecule has 0 aromatic heterocycles. The Morgan fingerprint density at radius 3 is 2.19 bits per heavy atom. The average molecular weight is 228 g/mol. The van der Waals surface area contributed by atoms with Gasteiger partial charge in [0, 0.05) is 12.0 Å². The van der Waals surface area contributed by atoms with E-state index in [4.69, 9.17) is 0 Å². The zero-order valence-corrected chi connectivity index (χ0v) is 9.71. The highest BCUT2D eigenvalue weighted by atomic mass is 19.1. The molecular weight excluding hydrogens is 210 g/mol. The van der Waals surface area contributed by atoms with E-state index in [1.54, 1.807) is 0 Å². The number of hydrogen-bond acceptors (Lipinski definition) is 1. The fourth-order valence-corrected chi connectivity index (χ4v) is 1.59. The first-order valence-corrected chi connectivity index (χ1v) is 5.61. The summed E-state index contributed by atoms with van der Waals surface area (Å²) < 4.78 is 26.5. The van der Waals surface area contributed by atoms with Crippen LogP contribution in [0.5, 0.6) is 0 Å². The number of rotatable bonds is 5. The lowest BCUT2D eigenvalue weighted by molar-refractivity contribution is 0.154. The molecule has 1 rings (SSSR count). The number of halogens is 2. The topological polar surface area (TPSA) is 20.2 Å². The van der Waals surface area contributed by atoms with Crippen LogP contribution in [0.2, 0.25) is 0 Å². The van der Waals surface area contributed by atoms with Crippen LogP contribution in [0.1, 0.15) is 32.3 Å². The second-order valence-corrected chi connectivity index (χ2v) is 4.53. The first-order valence-electron chi connectivity index (χ1n) is 5.61. The van der Waals surface area contributed by atoms with E-state index < -0.39 is 17.7 Å². The zero-order chi connectivity index (χ0) is 12.1. The van der Waals surface area contributed by atoms with Gasteiger partial charge in [0.25, 0.3) is 0 Å². The molecule has 0 amide bonds. The third kappa shape index (κ3) is 3.89. The van der Waals surface area contributed by atoms with Gasteiger partial charge in [-0.05, 0) is 30.9 Å². The van der Waals surface area contributed by atoms with Crippen molar-refractivity contribution in [2.75, 3.05) is 0 Å². The van der Waals surface area contributed by atoms with Gasteiger partial charge in [-0.2, -0.15) is 0 Å². The molecule has 3 heteroatoms. The molecule has 16 heavy (non-hydrogen) atoms. The van der Waals surface area contributed by atoms with Crippen LogP contribution < -0.4 is 0 Å². The number of aliphatic hydroxyl groups is 1. The fraction of sp³-hybridized carbons (Fsp3) is 0.538. The van der Waals surface area contributed by atoms with E-state index in [1.807, 2.05) is 0 Å². The maximum atomic E-state index is 13.3. The Balaban J connectivity index is 2.59. The van der Waals surface area contributed by atoms with E-state index in [0.717, 1.165) is 6.42 Å². The third-order valence-corrected chi connectivity index (χ3v) is 2.58. The summed E-state index contributed by atoms with van der Waals surface area (Å²) in [6, 6.07) is 3.76. The summed E-state index contributed by atoms with van der Waals surface area (Å²) in [6.45, 7) is 4.10. The van der Waals surface area contributed by atoms with Crippen LogP contribution in [0.4, 0.5) is 8.78 Å². The van der Waals surface area contributed by atoms with E-state index >= 15 is 0 Å². The van der Waals surface area contributed by atoms with Crippen molar-refractivity contribution < 1.29 is 13.9 Å². The molecule has 1 atom stereocenters.